The molecule has 2 aliphatic heterocycles. The second-order valence-corrected chi connectivity index (χ2v) is 19.7. The molecule has 15 heteroatoms. The van der Waals surface area contributed by atoms with Gasteiger partial charge in [0.2, 0.25) is 17.7 Å². The Morgan fingerprint density at radius 1 is 0.846 bits per heavy atom. The fourth-order valence-corrected chi connectivity index (χ4v) is 11.1. The molecule has 13 nitrogen and oxygen atoms in total. The van der Waals surface area contributed by atoms with E-state index in [-0.39, 0.29) is 76.6 Å². The van der Waals surface area contributed by atoms with E-state index in [4.69, 9.17) is 14.7 Å². The summed E-state index contributed by atoms with van der Waals surface area (Å²) < 4.78 is 38.2. The molecule has 2 saturated carbocycles. The molecule has 3 aromatic carbocycles. The van der Waals surface area contributed by atoms with Gasteiger partial charge in [0.1, 0.15) is 23.7 Å². The number of hydrogen-bond acceptors (Lipinski definition) is 7. The van der Waals surface area contributed by atoms with Gasteiger partial charge in [0, 0.05) is 35.7 Å². The molecular formula is C50H56F2N8O5. The molecule has 1 spiro atoms. The number of imidazole rings is 2. The Morgan fingerprint density at radius 2 is 1.51 bits per heavy atom. The summed E-state index contributed by atoms with van der Waals surface area (Å²) in [6.07, 6.45) is 6.82. The predicted octanol–water partition coefficient (Wildman–Crippen LogP) is 8.78. The lowest BCUT2D eigenvalue weighted by Gasteiger charge is -2.37. The zero-order valence-electron chi connectivity index (χ0n) is 37.6. The molecule has 4 N–H and O–H groups in total. The number of methoxy groups -OCH3 is 1. The number of nitrogens with one attached hydrogen (secondary N) is 4. The summed E-state index contributed by atoms with van der Waals surface area (Å²) in [4.78, 5) is 73.0. The summed E-state index contributed by atoms with van der Waals surface area (Å²) in [5.74, 6) is -2.49. The number of rotatable bonds is 11. The number of amides is 4. The van der Waals surface area contributed by atoms with E-state index in [1.807, 2.05) is 67.8 Å². The standard InChI is InChI=1S/C50H56F2N8O5/c1-7-40(61)57-41(25(2)3)46(62)59-24-49(16-17-49)22-39(59)44-53-23-38(56-44)29-10-14-33-32-13-9-27(19-34(32)50(51,52)35(33)20-29)28-11-15-36-37(21-28)55-45(54-36)43-30-8-12-31(18-30)60(43)47(63)42(26(4)5)58-48(64)65-6/h9-11,13-15,19-21,23,25-26,30-31,39,41-43H,7-8,12,16-18,22,24H2,1-6H3,(H,53,56)(H,54,55)(H,57,61)(H,58,64)/t30-,31+,39+,41-,42-,43-/m0/s1. The topological polar surface area (TPSA) is 165 Å². The first-order chi connectivity index (χ1) is 31.1. The number of aromatic amines is 2. The first-order valence-corrected chi connectivity index (χ1v) is 23.1. The Balaban J connectivity index is 0.896. The van der Waals surface area contributed by atoms with Crippen molar-refractivity contribution in [1.29, 1.82) is 0 Å². The van der Waals surface area contributed by atoms with Gasteiger partial charge < -0.3 is 35.1 Å². The van der Waals surface area contributed by atoms with Gasteiger partial charge in [-0.25, -0.2) is 14.8 Å². The molecule has 5 aliphatic rings. The van der Waals surface area contributed by atoms with Gasteiger partial charge in [-0.2, -0.15) is 8.78 Å². The minimum absolute atomic E-state index is 0.0414. The Bertz CT molecular complexity index is 2740. The molecule has 10 rings (SSSR count). The molecule has 65 heavy (non-hydrogen) atoms. The fourth-order valence-electron chi connectivity index (χ4n) is 11.1. The Labute approximate surface area is 376 Å². The summed E-state index contributed by atoms with van der Waals surface area (Å²) in [6.45, 7) is 10.0. The average Bonchev–Trinajstić information content (AvgIpc) is 3.95. The van der Waals surface area contributed by atoms with Gasteiger partial charge in [-0.3, -0.25) is 14.4 Å². The largest absolute Gasteiger partial charge is 0.453 e. The van der Waals surface area contributed by atoms with Gasteiger partial charge >= 0.3 is 6.09 Å². The number of hydrogen-bond donors (Lipinski definition) is 4. The van der Waals surface area contributed by atoms with E-state index < -0.39 is 24.1 Å². The fraction of sp³-hybridized carbons (Fsp3) is 0.480. The van der Waals surface area contributed by atoms with Crippen LogP contribution in [0.4, 0.5) is 13.6 Å². The number of carbonyl (C=O) groups excluding carboxylic acids is 4. The third kappa shape index (κ3) is 7.25. The quantitative estimate of drug-likeness (QED) is 0.103. The lowest BCUT2D eigenvalue weighted by atomic mass is 9.95. The number of alkyl halides is 2. The number of piperidine rings is 1. The van der Waals surface area contributed by atoms with E-state index in [9.17, 15) is 19.2 Å². The highest BCUT2D eigenvalue weighted by molar-refractivity contribution is 5.90. The highest BCUT2D eigenvalue weighted by atomic mass is 19.3. The average molecular weight is 887 g/mol. The molecule has 0 radical (unpaired) electrons. The Hall–Kier alpha value is -6.12. The summed E-state index contributed by atoms with van der Waals surface area (Å²) in [7, 11) is 1.28. The maximum Gasteiger partial charge on any atom is 0.407 e. The first kappa shape index (κ1) is 42.8. The molecule has 6 atom stereocenters. The van der Waals surface area contributed by atoms with Crippen LogP contribution in [0.2, 0.25) is 0 Å². The van der Waals surface area contributed by atoms with Crippen LogP contribution in [0, 0.1) is 23.2 Å². The lowest BCUT2D eigenvalue weighted by molar-refractivity contribution is -0.139. The van der Waals surface area contributed by atoms with Crippen molar-refractivity contribution in [3.63, 3.8) is 0 Å². The lowest BCUT2D eigenvalue weighted by Crippen LogP contribution is -2.54. The van der Waals surface area contributed by atoms with E-state index in [0.717, 1.165) is 49.6 Å². The smallest absolute Gasteiger partial charge is 0.407 e. The molecule has 0 unspecified atom stereocenters. The monoisotopic (exact) mass is 886 g/mol. The maximum atomic E-state index is 16.7. The van der Waals surface area contributed by atoms with Crippen molar-refractivity contribution >= 4 is 34.8 Å². The van der Waals surface area contributed by atoms with Crippen molar-refractivity contribution in [2.24, 2.45) is 23.2 Å². The zero-order valence-corrected chi connectivity index (χ0v) is 37.6. The molecule has 3 aliphatic carbocycles. The van der Waals surface area contributed by atoms with E-state index >= 15 is 8.78 Å². The second-order valence-electron chi connectivity index (χ2n) is 19.7. The Kier molecular flexibility index (Phi) is 10.4. The minimum atomic E-state index is -3.28. The second kappa shape index (κ2) is 15.8. The number of aromatic nitrogens is 4. The van der Waals surface area contributed by atoms with E-state index in [0.29, 0.717) is 51.7 Å². The highest BCUT2D eigenvalue weighted by Gasteiger charge is 2.56. The van der Waals surface area contributed by atoms with E-state index in [2.05, 4.69) is 20.6 Å². The number of likely N-dealkylation sites (tertiary alicyclic amines) is 2. The number of alkyl carbamates (subject to hydrolysis) is 1. The van der Waals surface area contributed by atoms with Crippen LogP contribution < -0.4 is 10.6 Å². The van der Waals surface area contributed by atoms with Crippen LogP contribution in [0.1, 0.15) is 114 Å². The van der Waals surface area contributed by atoms with Gasteiger partial charge in [0.25, 0.3) is 5.92 Å². The van der Waals surface area contributed by atoms with Crippen molar-refractivity contribution in [2.45, 2.75) is 116 Å². The highest BCUT2D eigenvalue weighted by Crippen LogP contribution is 2.59. The van der Waals surface area contributed by atoms with Crippen LogP contribution in [0.25, 0.3) is 44.5 Å². The van der Waals surface area contributed by atoms with Gasteiger partial charge in [-0.1, -0.05) is 65.0 Å². The van der Waals surface area contributed by atoms with E-state index in [1.165, 1.54) is 13.2 Å². The van der Waals surface area contributed by atoms with Crippen LogP contribution in [0.15, 0.2) is 60.8 Å². The van der Waals surface area contributed by atoms with Crippen LogP contribution in [-0.2, 0) is 25.0 Å². The van der Waals surface area contributed by atoms with Crippen molar-refractivity contribution < 1.29 is 32.7 Å². The molecular weight excluding hydrogens is 831 g/mol. The third-order valence-electron chi connectivity index (χ3n) is 14.9. The summed E-state index contributed by atoms with van der Waals surface area (Å²) in [5.41, 5.74) is 4.81. The normalized spacial score (nSPS) is 23.0. The number of benzene rings is 3. The molecule has 5 aromatic rings. The maximum absolute atomic E-state index is 16.7. The molecule has 2 saturated heterocycles. The molecule has 4 heterocycles. The van der Waals surface area contributed by atoms with Crippen molar-refractivity contribution in [3.05, 3.63) is 83.6 Å². The summed E-state index contributed by atoms with van der Waals surface area (Å²) in [5, 5.41) is 5.66. The molecule has 2 bridgehead atoms. The van der Waals surface area contributed by atoms with Gasteiger partial charge in [-0.15, -0.1) is 0 Å². The number of H-pyrrole nitrogens is 2. The summed E-state index contributed by atoms with van der Waals surface area (Å²) >= 11 is 0. The van der Waals surface area contributed by atoms with E-state index in [1.54, 1.807) is 31.3 Å². The molecule has 4 fully saturated rings. The van der Waals surface area contributed by atoms with Gasteiger partial charge in [-0.05, 0) is 108 Å². The van der Waals surface area contributed by atoms with Crippen LogP contribution in [-0.4, -0.2) is 85.3 Å². The minimum Gasteiger partial charge on any atom is -0.453 e. The molecule has 340 valence electrons. The van der Waals surface area contributed by atoms with Crippen LogP contribution in [0.3, 0.4) is 0 Å². The predicted molar refractivity (Wildman–Crippen MR) is 240 cm³/mol. The zero-order chi connectivity index (χ0) is 45.7. The number of ether oxygens (including phenoxy) is 1. The van der Waals surface area contributed by atoms with Crippen LogP contribution in [0.5, 0.6) is 0 Å². The van der Waals surface area contributed by atoms with Crippen molar-refractivity contribution in [3.8, 4) is 33.5 Å². The first-order valence-electron chi connectivity index (χ1n) is 23.1. The number of nitrogens with zero attached hydrogens (tertiary/aromatic N) is 4. The SMILES string of the molecule is CCC(=O)N[C@H](C(=O)N1CC2(CC2)C[C@@H]1c1ncc(-c2ccc3c(c2)C(F)(F)c2cc(-c4ccc5nc([C@@H]6[C@H]7CC[C@H](C7)N6C(=O)[C@@H](NC(=O)OC)C(C)C)[nH]c5c4)ccc2-3)[nH]1)C(C)C. The Morgan fingerprint density at radius 3 is 2.18 bits per heavy atom. The third-order valence-corrected chi connectivity index (χ3v) is 14.9. The number of carbonyl (C=O) groups is 4. The number of fused-ring (bicyclic) bond motifs is 6. The molecule has 4 amide bonds. The number of halogens is 2. The molecule has 2 aromatic heterocycles. The van der Waals surface area contributed by atoms with Gasteiger partial charge in [0.15, 0.2) is 0 Å². The summed E-state index contributed by atoms with van der Waals surface area (Å²) in [6, 6.07) is 14.1. The van der Waals surface area contributed by atoms with Crippen molar-refractivity contribution in [1.82, 2.24) is 40.4 Å². The van der Waals surface area contributed by atoms with Gasteiger partial charge in [0.05, 0.1) is 42.1 Å². The van der Waals surface area contributed by atoms with Crippen molar-refractivity contribution in [2.75, 3.05) is 13.7 Å². The van der Waals surface area contributed by atoms with Crippen LogP contribution >= 0.6 is 0 Å².